The van der Waals surface area contributed by atoms with E-state index in [-0.39, 0.29) is 29.3 Å². The molecule has 0 saturated carbocycles. The minimum Gasteiger partial charge on any atom is -0.429 e. The number of halogens is 11. The molecule has 0 fully saturated rings. The largest absolute Gasteiger partial charge is 0.432 e. The highest BCUT2D eigenvalue weighted by Crippen LogP contribution is 2.39. The molecule has 0 radical (unpaired) electrons. The highest BCUT2D eigenvalue weighted by atomic mass is 19.4. The first-order valence-electron chi connectivity index (χ1n) is 11.4. The maximum Gasteiger partial charge on any atom is 0.432 e. The van der Waals surface area contributed by atoms with Gasteiger partial charge in [0.2, 0.25) is 0 Å². The highest BCUT2D eigenvalue weighted by Gasteiger charge is 2.41. The van der Waals surface area contributed by atoms with Crippen molar-refractivity contribution in [3.05, 3.63) is 118 Å². The van der Waals surface area contributed by atoms with Crippen LogP contribution in [0.3, 0.4) is 0 Å². The fourth-order valence-corrected chi connectivity index (χ4v) is 3.93. The molecule has 1 nitrogen and oxygen atoms in total. The second-order valence-corrected chi connectivity index (χ2v) is 8.79. The molecule has 4 rings (SSSR count). The zero-order valence-electron chi connectivity index (χ0n) is 20.5. The van der Waals surface area contributed by atoms with Gasteiger partial charge in [-0.3, -0.25) is 0 Å². The molecule has 214 valence electrons. The molecule has 0 spiro atoms. The third kappa shape index (κ3) is 6.53. The van der Waals surface area contributed by atoms with E-state index in [1.165, 1.54) is 18.2 Å². The van der Waals surface area contributed by atoms with Crippen LogP contribution in [0.15, 0.2) is 66.7 Å². The normalized spacial score (nSPS) is 12.3. The Morgan fingerprint density at radius 1 is 0.585 bits per heavy atom. The monoisotopic (exact) mass is 588 g/mol. The summed E-state index contributed by atoms with van der Waals surface area (Å²) in [7, 11) is 0. The van der Waals surface area contributed by atoms with Gasteiger partial charge in [-0.05, 0) is 54.0 Å². The van der Waals surface area contributed by atoms with E-state index in [1.807, 2.05) is 0 Å². The van der Waals surface area contributed by atoms with Crippen LogP contribution in [0, 0.1) is 41.8 Å². The van der Waals surface area contributed by atoms with Crippen molar-refractivity contribution >= 4 is 6.08 Å². The van der Waals surface area contributed by atoms with E-state index in [1.54, 1.807) is 13.0 Å². The number of benzene rings is 4. The summed E-state index contributed by atoms with van der Waals surface area (Å²) in [6.07, 6.45) is -10.3. The standard InChI is InChI=1S/C29H15F11O/c1-14-2-4-18(21(30)8-14)15-3-5-19(22(31)9-15)16-10-25(34)27(26(35)11-16)29(39,40)41-17-12-23(32)20(24(33)13-17)6-7-28(36,37)38/h2-13H,1H3/b7-6+. The van der Waals surface area contributed by atoms with Crippen LogP contribution in [0.4, 0.5) is 48.3 Å². The van der Waals surface area contributed by atoms with Gasteiger partial charge in [-0.2, -0.15) is 22.0 Å². The molecule has 4 aromatic carbocycles. The summed E-state index contributed by atoms with van der Waals surface area (Å²) < 4.78 is 157. The van der Waals surface area contributed by atoms with Gasteiger partial charge in [0.15, 0.2) is 0 Å². The lowest BCUT2D eigenvalue weighted by atomic mass is 9.97. The molecule has 41 heavy (non-hydrogen) atoms. The van der Waals surface area contributed by atoms with Crippen molar-refractivity contribution < 1.29 is 53.0 Å². The lowest BCUT2D eigenvalue weighted by Crippen LogP contribution is -2.25. The number of ether oxygens (including phenoxy) is 1. The lowest BCUT2D eigenvalue weighted by Gasteiger charge is -2.20. The van der Waals surface area contributed by atoms with Crippen molar-refractivity contribution in [3.63, 3.8) is 0 Å². The SMILES string of the molecule is Cc1ccc(-c2ccc(-c3cc(F)c(C(F)(F)Oc4cc(F)c(/C=C/C(F)(F)F)c(F)c4)c(F)c3)c(F)c2)c(F)c1. The van der Waals surface area contributed by atoms with E-state index in [0.717, 1.165) is 12.1 Å². The second kappa shape index (κ2) is 10.9. The third-order valence-electron chi connectivity index (χ3n) is 5.79. The van der Waals surface area contributed by atoms with E-state index in [4.69, 9.17) is 0 Å². The van der Waals surface area contributed by atoms with Gasteiger partial charge in [0.1, 0.15) is 46.2 Å². The Hall–Kier alpha value is -4.35. The maximum absolute atomic E-state index is 14.9. The van der Waals surface area contributed by atoms with Gasteiger partial charge in [0, 0.05) is 34.9 Å². The Labute approximate surface area is 225 Å². The Kier molecular flexibility index (Phi) is 7.88. The van der Waals surface area contributed by atoms with E-state index in [2.05, 4.69) is 4.74 Å². The molecule has 0 bridgehead atoms. The Morgan fingerprint density at radius 3 is 1.63 bits per heavy atom. The first kappa shape index (κ1) is 29.6. The second-order valence-electron chi connectivity index (χ2n) is 8.79. The van der Waals surface area contributed by atoms with Crippen molar-refractivity contribution in [2.45, 2.75) is 19.2 Å². The quantitative estimate of drug-likeness (QED) is 0.204. The van der Waals surface area contributed by atoms with Crippen LogP contribution in [0.5, 0.6) is 5.75 Å². The topological polar surface area (TPSA) is 9.23 Å². The van der Waals surface area contributed by atoms with Crippen molar-refractivity contribution in [1.29, 1.82) is 0 Å². The summed E-state index contributed by atoms with van der Waals surface area (Å²) in [6.45, 7) is 1.64. The fraction of sp³-hybridized carbons (Fsp3) is 0.103. The van der Waals surface area contributed by atoms with E-state index in [9.17, 15) is 48.3 Å². The van der Waals surface area contributed by atoms with Crippen LogP contribution in [-0.4, -0.2) is 6.18 Å². The molecule has 0 unspecified atom stereocenters. The van der Waals surface area contributed by atoms with E-state index >= 15 is 0 Å². The average Bonchev–Trinajstić information content (AvgIpc) is 2.81. The summed E-state index contributed by atoms with van der Waals surface area (Å²) >= 11 is 0. The van der Waals surface area contributed by atoms with Gasteiger partial charge in [0.25, 0.3) is 0 Å². The van der Waals surface area contributed by atoms with Crippen molar-refractivity contribution in [1.82, 2.24) is 0 Å². The molecule has 0 heterocycles. The fourth-order valence-electron chi connectivity index (χ4n) is 3.93. The number of rotatable bonds is 6. The summed E-state index contributed by atoms with van der Waals surface area (Å²) in [5.41, 5.74) is -3.38. The van der Waals surface area contributed by atoms with Crippen LogP contribution in [0.2, 0.25) is 0 Å². The number of alkyl halides is 5. The molecule has 0 aromatic heterocycles. The highest BCUT2D eigenvalue weighted by molar-refractivity contribution is 5.72. The van der Waals surface area contributed by atoms with Gasteiger partial charge in [0.05, 0.1) is 0 Å². The molecule has 4 aromatic rings. The van der Waals surface area contributed by atoms with E-state index < -0.39 is 81.3 Å². The zero-order valence-corrected chi connectivity index (χ0v) is 20.5. The Balaban J connectivity index is 1.64. The first-order chi connectivity index (χ1) is 19.1. The summed E-state index contributed by atoms with van der Waals surface area (Å²) in [5, 5.41) is 0. The number of hydrogen-bond acceptors (Lipinski definition) is 1. The summed E-state index contributed by atoms with van der Waals surface area (Å²) in [6, 6.07) is 8.35. The smallest absolute Gasteiger partial charge is 0.429 e. The summed E-state index contributed by atoms with van der Waals surface area (Å²) in [5.74, 6) is -10.3. The van der Waals surface area contributed by atoms with Crippen LogP contribution in [-0.2, 0) is 6.11 Å². The molecule has 0 amide bonds. The molecule has 12 heteroatoms. The first-order valence-corrected chi connectivity index (χ1v) is 11.4. The number of aryl methyl sites for hydroxylation is 1. The molecule has 0 aliphatic carbocycles. The molecule has 0 saturated heterocycles. The Morgan fingerprint density at radius 2 is 1.10 bits per heavy atom. The minimum atomic E-state index is -4.92. The average molecular weight is 588 g/mol. The minimum absolute atomic E-state index is 0.0214. The molecule has 0 N–H and O–H groups in total. The third-order valence-corrected chi connectivity index (χ3v) is 5.79. The van der Waals surface area contributed by atoms with Gasteiger partial charge in [-0.25, -0.2) is 26.3 Å². The molecular formula is C29H15F11O. The van der Waals surface area contributed by atoms with Crippen LogP contribution in [0.1, 0.15) is 16.7 Å². The van der Waals surface area contributed by atoms with Crippen LogP contribution < -0.4 is 4.74 Å². The van der Waals surface area contributed by atoms with Gasteiger partial charge in [-0.1, -0.05) is 24.3 Å². The summed E-state index contributed by atoms with van der Waals surface area (Å²) in [4.78, 5) is 0. The Bertz CT molecular complexity index is 1610. The number of hydrogen-bond donors (Lipinski definition) is 0. The molecule has 0 aliphatic rings. The van der Waals surface area contributed by atoms with Crippen LogP contribution in [0.25, 0.3) is 28.3 Å². The van der Waals surface area contributed by atoms with Gasteiger partial charge in [-0.15, -0.1) is 0 Å². The van der Waals surface area contributed by atoms with Crippen molar-refractivity contribution in [2.75, 3.05) is 0 Å². The molecule has 0 aliphatic heterocycles. The molecule has 0 atom stereocenters. The van der Waals surface area contributed by atoms with Gasteiger partial charge >= 0.3 is 12.3 Å². The number of allylic oxidation sites excluding steroid dienone is 1. The predicted octanol–water partition coefficient (Wildman–Crippen LogP) is 9.87. The molecular weight excluding hydrogens is 573 g/mol. The lowest BCUT2D eigenvalue weighted by molar-refractivity contribution is -0.189. The van der Waals surface area contributed by atoms with Crippen molar-refractivity contribution in [3.8, 4) is 28.0 Å². The maximum atomic E-state index is 14.9. The van der Waals surface area contributed by atoms with Crippen LogP contribution >= 0.6 is 0 Å². The van der Waals surface area contributed by atoms with E-state index in [0.29, 0.717) is 17.7 Å². The predicted molar refractivity (Wildman–Crippen MR) is 128 cm³/mol. The van der Waals surface area contributed by atoms with Gasteiger partial charge < -0.3 is 4.74 Å². The van der Waals surface area contributed by atoms with Crippen molar-refractivity contribution in [2.24, 2.45) is 0 Å². The zero-order chi connectivity index (χ0) is 30.3.